The SMILES string of the molecule is C[C@@H](O)[C@H](N)c1cncnc1. The molecule has 0 unspecified atom stereocenters. The lowest BCUT2D eigenvalue weighted by atomic mass is 10.1. The number of hydrogen-bond acceptors (Lipinski definition) is 4. The molecule has 1 rings (SSSR count). The molecule has 0 aliphatic heterocycles. The van der Waals surface area contributed by atoms with Gasteiger partial charge in [-0.15, -0.1) is 0 Å². The number of aromatic nitrogens is 2. The van der Waals surface area contributed by atoms with Crippen LogP contribution in [0.1, 0.15) is 18.5 Å². The first-order valence-corrected chi connectivity index (χ1v) is 3.40. The average molecular weight is 153 g/mol. The second-order valence-corrected chi connectivity index (χ2v) is 2.44. The van der Waals surface area contributed by atoms with Gasteiger partial charge in [-0.2, -0.15) is 0 Å². The van der Waals surface area contributed by atoms with Crippen LogP contribution in [-0.4, -0.2) is 21.2 Å². The van der Waals surface area contributed by atoms with Crippen LogP contribution in [0.5, 0.6) is 0 Å². The van der Waals surface area contributed by atoms with Crippen molar-refractivity contribution in [3.8, 4) is 0 Å². The molecule has 0 aliphatic rings. The molecule has 1 heterocycles. The van der Waals surface area contributed by atoms with Crippen molar-refractivity contribution in [2.45, 2.75) is 19.1 Å². The summed E-state index contributed by atoms with van der Waals surface area (Å²) < 4.78 is 0. The van der Waals surface area contributed by atoms with Crippen molar-refractivity contribution in [3.63, 3.8) is 0 Å². The summed E-state index contributed by atoms with van der Waals surface area (Å²) in [5.41, 5.74) is 6.36. The van der Waals surface area contributed by atoms with E-state index >= 15 is 0 Å². The molecule has 60 valence electrons. The largest absolute Gasteiger partial charge is 0.391 e. The number of aliphatic hydroxyl groups excluding tert-OH is 1. The van der Waals surface area contributed by atoms with Gasteiger partial charge < -0.3 is 10.8 Å². The molecule has 4 nitrogen and oxygen atoms in total. The van der Waals surface area contributed by atoms with E-state index in [9.17, 15) is 0 Å². The molecule has 1 aromatic heterocycles. The lowest BCUT2D eigenvalue weighted by Crippen LogP contribution is -2.23. The van der Waals surface area contributed by atoms with E-state index in [0.29, 0.717) is 0 Å². The fraction of sp³-hybridized carbons (Fsp3) is 0.429. The van der Waals surface area contributed by atoms with Crippen LogP contribution in [-0.2, 0) is 0 Å². The average Bonchev–Trinajstić information content (AvgIpc) is 2.05. The van der Waals surface area contributed by atoms with Crippen LogP contribution >= 0.6 is 0 Å². The molecule has 0 saturated carbocycles. The molecular formula is C7H11N3O. The normalized spacial score (nSPS) is 15.9. The van der Waals surface area contributed by atoms with Crippen molar-refractivity contribution in [1.82, 2.24) is 9.97 Å². The highest BCUT2D eigenvalue weighted by atomic mass is 16.3. The Morgan fingerprint density at radius 2 is 2.00 bits per heavy atom. The van der Waals surface area contributed by atoms with Crippen LogP contribution in [0, 0.1) is 0 Å². The summed E-state index contributed by atoms with van der Waals surface area (Å²) >= 11 is 0. The van der Waals surface area contributed by atoms with Crippen molar-refractivity contribution in [2.24, 2.45) is 5.73 Å². The lowest BCUT2D eigenvalue weighted by molar-refractivity contribution is 0.164. The predicted octanol–water partition coefficient (Wildman–Crippen LogP) is -0.143. The predicted molar refractivity (Wildman–Crippen MR) is 40.6 cm³/mol. The molecule has 11 heavy (non-hydrogen) atoms. The van der Waals surface area contributed by atoms with Gasteiger partial charge in [0.1, 0.15) is 6.33 Å². The molecule has 0 spiro atoms. The molecule has 0 radical (unpaired) electrons. The van der Waals surface area contributed by atoms with Crippen molar-refractivity contribution in [1.29, 1.82) is 0 Å². The second kappa shape index (κ2) is 3.41. The van der Waals surface area contributed by atoms with Crippen molar-refractivity contribution in [3.05, 3.63) is 24.3 Å². The maximum atomic E-state index is 9.09. The first-order valence-electron chi connectivity index (χ1n) is 3.40. The van der Waals surface area contributed by atoms with E-state index in [1.165, 1.54) is 6.33 Å². The molecule has 0 bridgehead atoms. The number of nitrogens with two attached hydrogens (primary N) is 1. The molecule has 0 aliphatic carbocycles. The van der Waals surface area contributed by atoms with Crippen molar-refractivity contribution in [2.75, 3.05) is 0 Å². The smallest absolute Gasteiger partial charge is 0.115 e. The summed E-state index contributed by atoms with van der Waals surface area (Å²) in [5.74, 6) is 0. The van der Waals surface area contributed by atoms with Crippen molar-refractivity contribution >= 4 is 0 Å². The standard InChI is InChI=1S/C7H11N3O/c1-5(11)7(8)6-2-9-4-10-3-6/h2-5,7,11H,8H2,1H3/t5-,7+/m1/s1. The van der Waals surface area contributed by atoms with E-state index in [2.05, 4.69) is 9.97 Å². The summed E-state index contributed by atoms with van der Waals surface area (Å²) in [6.07, 6.45) is 4.06. The van der Waals surface area contributed by atoms with Gasteiger partial charge >= 0.3 is 0 Å². The van der Waals surface area contributed by atoms with Gasteiger partial charge in [-0.05, 0) is 6.92 Å². The maximum Gasteiger partial charge on any atom is 0.115 e. The fourth-order valence-corrected chi connectivity index (χ4v) is 0.761. The minimum atomic E-state index is -0.569. The number of rotatable bonds is 2. The Bertz CT molecular complexity index is 212. The number of hydrogen-bond donors (Lipinski definition) is 2. The minimum Gasteiger partial charge on any atom is -0.391 e. The molecule has 0 saturated heterocycles. The van der Waals surface area contributed by atoms with E-state index in [0.717, 1.165) is 5.56 Å². The zero-order chi connectivity index (χ0) is 8.27. The highest BCUT2D eigenvalue weighted by Gasteiger charge is 2.11. The summed E-state index contributed by atoms with van der Waals surface area (Å²) in [6, 6.07) is -0.392. The van der Waals surface area contributed by atoms with E-state index in [1.54, 1.807) is 19.3 Å². The van der Waals surface area contributed by atoms with Gasteiger partial charge in [-0.1, -0.05) is 0 Å². The molecule has 2 atom stereocenters. The molecule has 0 fully saturated rings. The molecule has 1 aromatic rings. The zero-order valence-electron chi connectivity index (χ0n) is 6.31. The highest BCUT2D eigenvalue weighted by Crippen LogP contribution is 2.10. The third kappa shape index (κ3) is 1.96. The second-order valence-electron chi connectivity index (χ2n) is 2.44. The Labute approximate surface area is 65.1 Å². The number of nitrogens with zero attached hydrogens (tertiary/aromatic N) is 2. The van der Waals surface area contributed by atoms with Gasteiger partial charge in [0.05, 0.1) is 12.1 Å². The minimum absolute atomic E-state index is 0.392. The topological polar surface area (TPSA) is 72.0 Å². The van der Waals surface area contributed by atoms with Gasteiger partial charge in [0.2, 0.25) is 0 Å². The summed E-state index contributed by atoms with van der Waals surface area (Å²) in [5, 5.41) is 9.09. The Balaban J connectivity index is 2.77. The first-order chi connectivity index (χ1) is 5.22. The van der Waals surface area contributed by atoms with Gasteiger partial charge in [0, 0.05) is 18.0 Å². The molecule has 3 N–H and O–H groups in total. The van der Waals surface area contributed by atoms with Crippen LogP contribution < -0.4 is 5.73 Å². The Morgan fingerprint density at radius 1 is 1.45 bits per heavy atom. The van der Waals surface area contributed by atoms with Crippen molar-refractivity contribution < 1.29 is 5.11 Å². The zero-order valence-corrected chi connectivity index (χ0v) is 6.31. The Hall–Kier alpha value is -1.00. The summed E-state index contributed by atoms with van der Waals surface area (Å²) in [7, 11) is 0. The summed E-state index contributed by atoms with van der Waals surface area (Å²) in [6.45, 7) is 1.64. The monoisotopic (exact) mass is 153 g/mol. The van der Waals surface area contributed by atoms with E-state index in [-0.39, 0.29) is 0 Å². The van der Waals surface area contributed by atoms with Crippen LogP contribution in [0.15, 0.2) is 18.7 Å². The van der Waals surface area contributed by atoms with Crippen LogP contribution in [0.4, 0.5) is 0 Å². The van der Waals surface area contributed by atoms with Crippen LogP contribution in [0.2, 0.25) is 0 Å². The van der Waals surface area contributed by atoms with Crippen LogP contribution in [0.25, 0.3) is 0 Å². The quantitative estimate of drug-likeness (QED) is 0.620. The summed E-state index contributed by atoms with van der Waals surface area (Å²) in [4.78, 5) is 7.57. The van der Waals surface area contributed by atoms with E-state index in [1.807, 2.05) is 0 Å². The molecular weight excluding hydrogens is 142 g/mol. The number of aliphatic hydroxyl groups is 1. The van der Waals surface area contributed by atoms with Gasteiger partial charge in [0.15, 0.2) is 0 Å². The van der Waals surface area contributed by atoms with Gasteiger partial charge in [0.25, 0.3) is 0 Å². The highest BCUT2D eigenvalue weighted by molar-refractivity contribution is 5.09. The molecule has 0 amide bonds. The molecule has 4 heteroatoms. The van der Waals surface area contributed by atoms with Gasteiger partial charge in [-0.3, -0.25) is 0 Å². The Kier molecular flexibility index (Phi) is 2.51. The molecule has 0 aromatic carbocycles. The van der Waals surface area contributed by atoms with Crippen LogP contribution in [0.3, 0.4) is 0 Å². The third-order valence-corrected chi connectivity index (χ3v) is 1.49. The lowest BCUT2D eigenvalue weighted by Gasteiger charge is -2.13. The Morgan fingerprint density at radius 3 is 2.45 bits per heavy atom. The van der Waals surface area contributed by atoms with Gasteiger partial charge in [-0.25, -0.2) is 9.97 Å². The van der Waals surface area contributed by atoms with E-state index in [4.69, 9.17) is 10.8 Å². The van der Waals surface area contributed by atoms with E-state index < -0.39 is 12.1 Å². The first kappa shape index (κ1) is 8.10. The third-order valence-electron chi connectivity index (χ3n) is 1.49. The maximum absolute atomic E-state index is 9.09. The fourth-order valence-electron chi connectivity index (χ4n) is 0.761.